The van der Waals surface area contributed by atoms with E-state index in [1.54, 1.807) is 13.8 Å². The number of nitrogens with one attached hydrogen (secondary N) is 1. The van der Waals surface area contributed by atoms with E-state index in [4.69, 9.17) is 5.73 Å². The summed E-state index contributed by atoms with van der Waals surface area (Å²) in [6, 6.07) is 1.88. The Hall–Kier alpha value is -1.40. The minimum Gasteiger partial charge on any atom is -0.324 e. The molecular formula is C13H19N3O2S. The van der Waals surface area contributed by atoms with Crippen molar-refractivity contribution in [2.45, 2.75) is 45.7 Å². The summed E-state index contributed by atoms with van der Waals surface area (Å²) >= 11 is 1.48. The van der Waals surface area contributed by atoms with Crippen LogP contribution in [0.2, 0.25) is 0 Å². The molecule has 3 N–H and O–H groups in total. The van der Waals surface area contributed by atoms with Gasteiger partial charge in [0.25, 0.3) is 5.56 Å². The number of hydrogen-bond donors (Lipinski definition) is 2. The molecule has 104 valence electrons. The van der Waals surface area contributed by atoms with Crippen LogP contribution in [0.25, 0.3) is 10.2 Å². The third kappa shape index (κ3) is 2.96. The molecule has 0 amide bonds. The lowest BCUT2D eigenvalue weighted by atomic mass is 10.1. The molecule has 2 rings (SSSR count). The maximum absolute atomic E-state index is 12.3. The first-order valence-electron chi connectivity index (χ1n) is 6.36. The lowest BCUT2D eigenvalue weighted by Gasteiger charge is -2.18. The van der Waals surface area contributed by atoms with E-state index in [2.05, 4.69) is 11.9 Å². The normalized spacial score (nSPS) is 12.2. The summed E-state index contributed by atoms with van der Waals surface area (Å²) in [7, 11) is 0. The molecule has 0 spiro atoms. The van der Waals surface area contributed by atoms with E-state index in [0.29, 0.717) is 10.2 Å². The van der Waals surface area contributed by atoms with Crippen LogP contribution in [0.1, 0.15) is 32.1 Å². The van der Waals surface area contributed by atoms with Gasteiger partial charge in [-0.2, -0.15) is 0 Å². The fraction of sp³-hybridized carbons (Fsp3) is 0.538. The Kier molecular flexibility index (Phi) is 3.64. The molecule has 0 unspecified atom stereocenters. The SMILES string of the molecule is CCCc1cc2c(=O)n(CC(C)(C)N)c(=O)[nH]c2s1. The van der Waals surface area contributed by atoms with E-state index in [1.807, 2.05) is 6.07 Å². The summed E-state index contributed by atoms with van der Waals surface area (Å²) in [6.45, 7) is 5.87. The van der Waals surface area contributed by atoms with E-state index in [-0.39, 0.29) is 17.8 Å². The van der Waals surface area contributed by atoms with Crippen molar-refractivity contribution >= 4 is 21.6 Å². The van der Waals surface area contributed by atoms with E-state index in [0.717, 1.165) is 17.7 Å². The number of thiophene rings is 1. The second-order valence-corrected chi connectivity index (χ2v) is 6.65. The Bertz CT molecular complexity index is 703. The van der Waals surface area contributed by atoms with Crippen molar-refractivity contribution in [3.8, 4) is 0 Å². The molecule has 0 aromatic carbocycles. The average Bonchev–Trinajstić information content (AvgIpc) is 2.66. The Morgan fingerprint density at radius 1 is 1.42 bits per heavy atom. The van der Waals surface area contributed by atoms with Crippen molar-refractivity contribution in [3.05, 3.63) is 31.8 Å². The number of fused-ring (bicyclic) bond motifs is 1. The maximum Gasteiger partial charge on any atom is 0.329 e. The molecule has 2 aromatic heterocycles. The van der Waals surface area contributed by atoms with Crippen LogP contribution in [0.3, 0.4) is 0 Å². The average molecular weight is 281 g/mol. The standard InChI is InChI=1S/C13H19N3O2S/c1-4-5-8-6-9-10(19-8)15-12(18)16(11(9)17)7-13(2,3)14/h6H,4-5,7,14H2,1-3H3,(H,15,18). The summed E-state index contributed by atoms with van der Waals surface area (Å²) in [5, 5.41) is 0.581. The highest BCUT2D eigenvalue weighted by molar-refractivity contribution is 7.18. The molecule has 0 bridgehead atoms. The lowest BCUT2D eigenvalue weighted by Crippen LogP contribution is -2.45. The zero-order chi connectivity index (χ0) is 14.2. The summed E-state index contributed by atoms with van der Waals surface area (Å²) in [5.41, 5.74) is 4.65. The van der Waals surface area contributed by atoms with Crippen LogP contribution in [0.15, 0.2) is 15.7 Å². The zero-order valence-corrected chi connectivity index (χ0v) is 12.3. The summed E-state index contributed by atoms with van der Waals surface area (Å²) in [5.74, 6) is 0. The van der Waals surface area contributed by atoms with E-state index >= 15 is 0 Å². The molecule has 2 aromatic rings. The molecule has 19 heavy (non-hydrogen) atoms. The van der Waals surface area contributed by atoms with Gasteiger partial charge in [-0.25, -0.2) is 4.79 Å². The van der Waals surface area contributed by atoms with Gasteiger partial charge in [-0.1, -0.05) is 13.3 Å². The molecule has 0 aliphatic carbocycles. The van der Waals surface area contributed by atoms with E-state index < -0.39 is 5.54 Å². The minimum absolute atomic E-state index is 0.204. The number of rotatable bonds is 4. The number of nitrogens with zero attached hydrogens (tertiary/aromatic N) is 1. The number of H-pyrrole nitrogens is 1. The van der Waals surface area contributed by atoms with Gasteiger partial charge in [-0.3, -0.25) is 14.3 Å². The fourth-order valence-corrected chi connectivity index (χ4v) is 3.16. The Morgan fingerprint density at radius 2 is 2.11 bits per heavy atom. The summed E-state index contributed by atoms with van der Waals surface area (Å²) in [4.78, 5) is 28.8. The molecule has 0 atom stereocenters. The molecule has 0 aliphatic heterocycles. The van der Waals surface area contributed by atoms with Crippen molar-refractivity contribution in [3.63, 3.8) is 0 Å². The maximum atomic E-state index is 12.3. The van der Waals surface area contributed by atoms with Crippen LogP contribution in [0, 0.1) is 0 Å². The van der Waals surface area contributed by atoms with Crippen LogP contribution in [-0.2, 0) is 13.0 Å². The van der Waals surface area contributed by atoms with Crippen molar-refractivity contribution in [1.29, 1.82) is 0 Å². The predicted octanol–water partition coefficient (Wildman–Crippen LogP) is 1.44. The van der Waals surface area contributed by atoms with Crippen LogP contribution in [-0.4, -0.2) is 15.1 Å². The first-order chi connectivity index (χ1) is 8.81. The van der Waals surface area contributed by atoms with Gasteiger partial charge < -0.3 is 5.73 Å². The monoisotopic (exact) mass is 281 g/mol. The van der Waals surface area contributed by atoms with Crippen molar-refractivity contribution in [2.24, 2.45) is 5.73 Å². The largest absolute Gasteiger partial charge is 0.329 e. The molecule has 0 aliphatic rings. The predicted molar refractivity (Wildman–Crippen MR) is 79.0 cm³/mol. The molecular weight excluding hydrogens is 262 g/mol. The lowest BCUT2D eigenvalue weighted by molar-refractivity contribution is 0.417. The van der Waals surface area contributed by atoms with Gasteiger partial charge >= 0.3 is 5.69 Å². The Labute approximate surface area is 115 Å². The number of aromatic nitrogens is 2. The highest BCUT2D eigenvalue weighted by Crippen LogP contribution is 2.21. The first-order valence-corrected chi connectivity index (χ1v) is 7.18. The third-order valence-corrected chi connectivity index (χ3v) is 3.90. The number of aryl methyl sites for hydroxylation is 1. The van der Waals surface area contributed by atoms with Crippen molar-refractivity contribution < 1.29 is 0 Å². The van der Waals surface area contributed by atoms with E-state index in [1.165, 1.54) is 15.9 Å². The zero-order valence-electron chi connectivity index (χ0n) is 11.4. The third-order valence-electron chi connectivity index (χ3n) is 2.79. The van der Waals surface area contributed by atoms with Gasteiger partial charge in [0.2, 0.25) is 0 Å². The van der Waals surface area contributed by atoms with Crippen molar-refractivity contribution in [1.82, 2.24) is 9.55 Å². The summed E-state index contributed by atoms with van der Waals surface area (Å²) in [6.07, 6.45) is 1.93. The van der Waals surface area contributed by atoms with Crippen molar-refractivity contribution in [2.75, 3.05) is 0 Å². The topological polar surface area (TPSA) is 80.9 Å². The van der Waals surface area contributed by atoms with Gasteiger partial charge in [0.05, 0.1) is 5.39 Å². The Morgan fingerprint density at radius 3 is 2.68 bits per heavy atom. The van der Waals surface area contributed by atoms with Gasteiger partial charge in [-0.05, 0) is 26.3 Å². The van der Waals surface area contributed by atoms with Crippen LogP contribution < -0.4 is 17.0 Å². The molecule has 0 fully saturated rings. The highest BCUT2D eigenvalue weighted by Gasteiger charge is 2.17. The second-order valence-electron chi connectivity index (χ2n) is 5.52. The molecule has 0 radical (unpaired) electrons. The van der Waals surface area contributed by atoms with Crippen LogP contribution >= 0.6 is 11.3 Å². The minimum atomic E-state index is -0.604. The van der Waals surface area contributed by atoms with Crippen LogP contribution in [0.4, 0.5) is 0 Å². The smallest absolute Gasteiger partial charge is 0.324 e. The summed E-state index contributed by atoms with van der Waals surface area (Å²) < 4.78 is 1.19. The molecule has 2 heterocycles. The van der Waals surface area contributed by atoms with Gasteiger partial charge in [0.1, 0.15) is 4.83 Å². The molecule has 5 nitrogen and oxygen atoms in total. The number of hydrogen-bond acceptors (Lipinski definition) is 4. The number of nitrogens with two attached hydrogens (primary N) is 1. The quantitative estimate of drug-likeness (QED) is 0.890. The first kappa shape index (κ1) is 14.0. The fourth-order valence-electron chi connectivity index (χ4n) is 2.02. The van der Waals surface area contributed by atoms with Gasteiger partial charge in [0, 0.05) is 17.0 Å². The second kappa shape index (κ2) is 4.94. The number of aromatic amines is 1. The van der Waals surface area contributed by atoms with E-state index in [9.17, 15) is 9.59 Å². The van der Waals surface area contributed by atoms with Crippen LogP contribution in [0.5, 0.6) is 0 Å². The Balaban J connectivity index is 2.61. The highest BCUT2D eigenvalue weighted by atomic mass is 32.1. The van der Waals surface area contributed by atoms with Gasteiger partial charge in [0.15, 0.2) is 0 Å². The molecule has 6 heteroatoms. The molecule has 0 saturated heterocycles. The van der Waals surface area contributed by atoms with Gasteiger partial charge in [-0.15, -0.1) is 11.3 Å². The molecule has 0 saturated carbocycles.